The smallest absolute Gasteiger partial charge is 0.306 e. The van der Waals surface area contributed by atoms with Gasteiger partial charge < -0.3 is 14.2 Å². The number of carbonyl (C=O) groups excluding carboxylic acids is 3. The van der Waals surface area contributed by atoms with Gasteiger partial charge in [0.25, 0.3) is 0 Å². The predicted octanol–water partition coefficient (Wildman–Crippen LogP) is 16.9. The molecule has 360 valence electrons. The van der Waals surface area contributed by atoms with Gasteiger partial charge in [-0.1, -0.05) is 213 Å². The Kier molecular flexibility index (Phi) is 48.1. The lowest BCUT2D eigenvalue weighted by molar-refractivity contribution is -0.166. The second kappa shape index (κ2) is 51.4. The lowest BCUT2D eigenvalue weighted by Crippen LogP contribution is -2.30. The summed E-state index contributed by atoms with van der Waals surface area (Å²) in [5.41, 5.74) is 0. The van der Waals surface area contributed by atoms with E-state index < -0.39 is 6.10 Å². The van der Waals surface area contributed by atoms with E-state index in [1.54, 1.807) is 0 Å². The minimum Gasteiger partial charge on any atom is -0.462 e. The Morgan fingerprint density at radius 2 is 0.656 bits per heavy atom. The zero-order chi connectivity index (χ0) is 46.5. The Labute approximate surface area is 392 Å². The minimum absolute atomic E-state index is 0.125. The number of carbonyl (C=O) groups is 3. The number of rotatable bonds is 44. The SMILES string of the molecule is CC/C=C\C/C=C\C/C=C\C/C=C\C/C=C\C/C=C\CCC(=O)OCC(COC(=O)CCCCCCCCCCCC)OC(=O)CCC/C=C\C/C=C\C/C=C\C/C=C\CCCCC. The zero-order valence-electron chi connectivity index (χ0n) is 41.0. The Hall–Kier alpha value is -4.19. The van der Waals surface area contributed by atoms with Gasteiger partial charge in [-0.05, 0) is 96.3 Å². The van der Waals surface area contributed by atoms with Crippen LogP contribution in [-0.2, 0) is 28.6 Å². The van der Waals surface area contributed by atoms with Crippen LogP contribution < -0.4 is 0 Å². The molecule has 6 nitrogen and oxygen atoms in total. The van der Waals surface area contributed by atoms with E-state index in [4.69, 9.17) is 14.2 Å². The standard InChI is InChI=1S/C58H92O6/c1-4-7-10-13-16-19-22-24-26-28-29-31-32-34-36-39-42-45-48-51-57(60)63-54-55(53-62-56(59)50-47-44-41-38-21-18-15-12-9-6-3)64-58(61)52-49-46-43-40-37-35-33-30-27-25-23-20-17-14-11-8-5-2/h7,10,16-17,19-20,24-27,29,31,33-36,40,42-43,45,55H,4-6,8-9,11-15,18,21-23,28,30,32,37-39,41,44,46-54H2,1-3H3/b10-7-,19-16-,20-17-,26-24-,27-25-,31-29-,35-33-,36-34-,43-40-,45-42-. The van der Waals surface area contributed by atoms with Gasteiger partial charge in [-0.25, -0.2) is 0 Å². The first-order valence-electron chi connectivity index (χ1n) is 25.5. The predicted molar refractivity (Wildman–Crippen MR) is 274 cm³/mol. The Morgan fingerprint density at radius 3 is 1.09 bits per heavy atom. The number of esters is 3. The molecule has 0 amide bonds. The van der Waals surface area contributed by atoms with E-state index in [0.29, 0.717) is 19.3 Å². The number of ether oxygens (including phenoxy) is 3. The van der Waals surface area contributed by atoms with Crippen LogP contribution in [0.5, 0.6) is 0 Å². The van der Waals surface area contributed by atoms with Gasteiger partial charge in [0, 0.05) is 19.3 Å². The number of hydrogen-bond donors (Lipinski definition) is 0. The van der Waals surface area contributed by atoms with Crippen LogP contribution in [0.1, 0.15) is 207 Å². The first-order valence-corrected chi connectivity index (χ1v) is 25.5. The molecule has 1 unspecified atom stereocenters. The van der Waals surface area contributed by atoms with E-state index in [9.17, 15) is 14.4 Å². The van der Waals surface area contributed by atoms with Crippen molar-refractivity contribution >= 4 is 17.9 Å². The maximum Gasteiger partial charge on any atom is 0.306 e. The summed E-state index contributed by atoms with van der Waals surface area (Å²) >= 11 is 0. The van der Waals surface area contributed by atoms with Gasteiger partial charge >= 0.3 is 17.9 Å². The highest BCUT2D eigenvalue weighted by Gasteiger charge is 2.19. The second-order valence-electron chi connectivity index (χ2n) is 16.3. The van der Waals surface area contributed by atoms with E-state index in [2.05, 4.69) is 130 Å². The minimum atomic E-state index is -0.837. The van der Waals surface area contributed by atoms with Gasteiger partial charge in [0.15, 0.2) is 6.10 Å². The van der Waals surface area contributed by atoms with Crippen molar-refractivity contribution in [1.82, 2.24) is 0 Å². The van der Waals surface area contributed by atoms with Crippen molar-refractivity contribution in [3.05, 3.63) is 122 Å². The molecular formula is C58H92O6. The molecular weight excluding hydrogens is 793 g/mol. The van der Waals surface area contributed by atoms with E-state index >= 15 is 0 Å². The quantitative estimate of drug-likeness (QED) is 0.0262. The van der Waals surface area contributed by atoms with Crippen molar-refractivity contribution < 1.29 is 28.6 Å². The lowest BCUT2D eigenvalue weighted by atomic mass is 10.1. The highest BCUT2D eigenvalue weighted by Crippen LogP contribution is 2.12. The van der Waals surface area contributed by atoms with Crippen LogP contribution in [-0.4, -0.2) is 37.2 Å². The number of hydrogen-bond acceptors (Lipinski definition) is 6. The normalized spacial score (nSPS) is 13.1. The summed E-state index contributed by atoms with van der Waals surface area (Å²) in [6.07, 6.45) is 70.6. The molecule has 0 bridgehead atoms. The molecule has 0 aliphatic heterocycles. The van der Waals surface area contributed by atoms with Gasteiger partial charge in [0.1, 0.15) is 13.2 Å². The van der Waals surface area contributed by atoms with Crippen molar-refractivity contribution in [2.45, 2.75) is 213 Å². The molecule has 0 radical (unpaired) electrons. The Morgan fingerprint density at radius 1 is 0.328 bits per heavy atom. The van der Waals surface area contributed by atoms with Crippen LogP contribution in [0.4, 0.5) is 0 Å². The highest BCUT2D eigenvalue weighted by molar-refractivity contribution is 5.71. The van der Waals surface area contributed by atoms with Crippen LogP contribution in [0, 0.1) is 0 Å². The molecule has 0 fully saturated rings. The maximum atomic E-state index is 12.8. The molecule has 0 saturated carbocycles. The molecule has 1 atom stereocenters. The molecule has 0 N–H and O–H groups in total. The van der Waals surface area contributed by atoms with Crippen LogP contribution in [0.25, 0.3) is 0 Å². The van der Waals surface area contributed by atoms with Crippen molar-refractivity contribution in [2.75, 3.05) is 13.2 Å². The first kappa shape index (κ1) is 59.8. The Bertz CT molecular complexity index is 1390. The molecule has 6 heteroatoms. The second-order valence-corrected chi connectivity index (χ2v) is 16.3. The van der Waals surface area contributed by atoms with Crippen molar-refractivity contribution in [1.29, 1.82) is 0 Å². The zero-order valence-corrected chi connectivity index (χ0v) is 41.0. The molecule has 0 heterocycles. The fraction of sp³-hybridized carbons (Fsp3) is 0.603. The molecule has 0 aromatic rings. The summed E-state index contributed by atoms with van der Waals surface area (Å²) in [6.45, 7) is 6.35. The molecule has 0 rings (SSSR count). The average Bonchev–Trinajstić information content (AvgIpc) is 3.29. The fourth-order valence-corrected chi connectivity index (χ4v) is 6.40. The van der Waals surface area contributed by atoms with Crippen LogP contribution in [0.15, 0.2) is 122 Å². The largest absolute Gasteiger partial charge is 0.462 e. The average molecular weight is 885 g/mol. The summed E-state index contributed by atoms with van der Waals surface area (Å²) < 4.78 is 16.6. The van der Waals surface area contributed by atoms with Crippen molar-refractivity contribution in [3.8, 4) is 0 Å². The van der Waals surface area contributed by atoms with E-state index in [-0.39, 0.29) is 44.0 Å². The topological polar surface area (TPSA) is 78.9 Å². The highest BCUT2D eigenvalue weighted by atomic mass is 16.6. The summed E-state index contributed by atoms with van der Waals surface area (Å²) in [4.78, 5) is 37.9. The van der Waals surface area contributed by atoms with Crippen LogP contribution in [0.2, 0.25) is 0 Å². The fourth-order valence-electron chi connectivity index (χ4n) is 6.40. The third-order valence-electron chi connectivity index (χ3n) is 10.2. The monoisotopic (exact) mass is 885 g/mol. The summed E-state index contributed by atoms with van der Waals surface area (Å²) in [6, 6.07) is 0. The summed E-state index contributed by atoms with van der Waals surface area (Å²) in [7, 11) is 0. The van der Waals surface area contributed by atoms with Gasteiger partial charge in [0.2, 0.25) is 0 Å². The third-order valence-corrected chi connectivity index (χ3v) is 10.2. The van der Waals surface area contributed by atoms with Crippen molar-refractivity contribution in [3.63, 3.8) is 0 Å². The van der Waals surface area contributed by atoms with Gasteiger partial charge in [-0.15, -0.1) is 0 Å². The van der Waals surface area contributed by atoms with Gasteiger partial charge in [-0.2, -0.15) is 0 Å². The molecule has 0 saturated heterocycles. The van der Waals surface area contributed by atoms with Crippen LogP contribution in [0.3, 0.4) is 0 Å². The van der Waals surface area contributed by atoms with Gasteiger partial charge in [0.05, 0.1) is 0 Å². The van der Waals surface area contributed by atoms with E-state index in [1.807, 2.05) is 12.2 Å². The van der Waals surface area contributed by atoms with E-state index in [0.717, 1.165) is 83.5 Å². The van der Waals surface area contributed by atoms with Crippen LogP contribution >= 0.6 is 0 Å². The third kappa shape index (κ3) is 48.8. The van der Waals surface area contributed by atoms with E-state index in [1.165, 1.54) is 70.6 Å². The maximum absolute atomic E-state index is 12.8. The summed E-state index contributed by atoms with van der Waals surface area (Å²) in [5.74, 6) is -1.08. The molecule has 0 aliphatic carbocycles. The lowest BCUT2D eigenvalue weighted by Gasteiger charge is -2.18. The molecule has 0 aromatic carbocycles. The molecule has 0 spiro atoms. The Balaban J connectivity index is 4.58. The summed E-state index contributed by atoms with van der Waals surface area (Å²) in [5, 5.41) is 0. The number of allylic oxidation sites excluding steroid dienone is 20. The first-order chi connectivity index (χ1) is 31.5. The van der Waals surface area contributed by atoms with Crippen molar-refractivity contribution in [2.24, 2.45) is 0 Å². The van der Waals surface area contributed by atoms with Gasteiger partial charge in [-0.3, -0.25) is 14.4 Å². The molecule has 64 heavy (non-hydrogen) atoms. The number of unbranched alkanes of at least 4 members (excludes halogenated alkanes) is 13. The molecule has 0 aliphatic rings. The molecule has 0 aromatic heterocycles.